The number of nitrogens with one attached hydrogen (secondary N) is 1. The van der Waals surface area contributed by atoms with E-state index in [0.29, 0.717) is 11.9 Å². The number of piperidine rings is 1. The van der Waals surface area contributed by atoms with Gasteiger partial charge in [-0.05, 0) is 47.4 Å². The average molecular weight is 341 g/mol. The third-order valence-electron chi connectivity index (χ3n) is 4.07. The highest BCUT2D eigenvalue weighted by atomic mass is 32.1. The van der Waals surface area contributed by atoms with Crippen LogP contribution >= 0.6 is 11.3 Å². The maximum Gasteiger partial charge on any atom is 0.417 e. The quantitative estimate of drug-likeness (QED) is 0.914. The Kier molecular flexibility index (Phi) is 4.87. The van der Waals surface area contributed by atoms with Crippen LogP contribution in [0, 0.1) is 0 Å². The van der Waals surface area contributed by atoms with E-state index in [2.05, 4.69) is 27.1 Å². The van der Waals surface area contributed by atoms with Crippen molar-refractivity contribution in [3.8, 4) is 0 Å². The zero-order chi connectivity index (χ0) is 16.3. The van der Waals surface area contributed by atoms with Crippen LogP contribution in [0.4, 0.5) is 19.0 Å². The third-order valence-corrected chi connectivity index (χ3v) is 4.80. The van der Waals surface area contributed by atoms with Crippen molar-refractivity contribution in [1.82, 2.24) is 10.3 Å². The van der Waals surface area contributed by atoms with Crippen LogP contribution in [-0.4, -0.2) is 24.1 Å². The summed E-state index contributed by atoms with van der Waals surface area (Å²) in [5.74, 6) is 0.620. The van der Waals surface area contributed by atoms with Crippen molar-refractivity contribution < 1.29 is 13.2 Å². The Morgan fingerprint density at radius 3 is 2.57 bits per heavy atom. The molecular weight excluding hydrogens is 323 g/mol. The van der Waals surface area contributed by atoms with Gasteiger partial charge in [0.1, 0.15) is 5.82 Å². The largest absolute Gasteiger partial charge is 0.417 e. The second kappa shape index (κ2) is 6.88. The van der Waals surface area contributed by atoms with E-state index in [0.717, 1.165) is 44.7 Å². The van der Waals surface area contributed by atoms with Crippen LogP contribution in [0.5, 0.6) is 0 Å². The maximum atomic E-state index is 12.6. The minimum atomic E-state index is -4.33. The minimum Gasteiger partial charge on any atom is -0.357 e. The van der Waals surface area contributed by atoms with E-state index in [1.54, 1.807) is 11.3 Å². The lowest BCUT2D eigenvalue weighted by Gasteiger charge is -2.33. The predicted octanol–water partition coefficient (Wildman–Crippen LogP) is 3.92. The smallest absolute Gasteiger partial charge is 0.357 e. The Bertz CT molecular complexity index is 603. The first-order chi connectivity index (χ1) is 11.0. The minimum absolute atomic E-state index is 0.445. The average Bonchev–Trinajstić information content (AvgIpc) is 3.06. The predicted molar refractivity (Wildman–Crippen MR) is 85.6 cm³/mol. The summed E-state index contributed by atoms with van der Waals surface area (Å²) in [5.41, 5.74) is 0.593. The molecule has 7 heteroatoms. The standard InChI is InChI=1S/C16H18F3N3S/c17-16(18,19)13-1-2-15(21-10-13)22-6-3-14(4-7-22)20-9-12-5-8-23-11-12/h1-2,5,8,10-11,14,20H,3-4,6-7,9H2. The molecule has 1 N–H and O–H groups in total. The van der Waals surface area contributed by atoms with Gasteiger partial charge in [0.15, 0.2) is 0 Å². The second-order valence-corrected chi connectivity index (χ2v) is 6.46. The lowest BCUT2D eigenvalue weighted by atomic mass is 10.0. The van der Waals surface area contributed by atoms with Crippen LogP contribution in [0.2, 0.25) is 0 Å². The van der Waals surface area contributed by atoms with Gasteiger partial charge in [0.05, 0.1) is 5.56 Å². The Hall–Kier alpha value is -1.60. The Morgan fingerprint density at radius 2 is 2.00 bits per heavy atom. The van der Waals surface area contributed by atoms with E-state index >= 15 is 0 Å². The van der Waals surface area contributed by atoms with Crippen LogP contribution < -0.4 is 10.2 Å². The van der Waals surface area contributed by atoms with E-state index in [1.165, 1.54) is 11.6 Å². The van der Waals surface area contributed by atoms with Crippen molar-refractivity contribution in [2.45, 2.75) is 31.6 Å². The van der Waals surface area contributed by atoms with Crippen molar-refractivity contribution in [3.05, 3.63) is 46.3 Å². The fraction of sp³-hybridized carbons (Fsp3) is 0.438. The van der Waals surface area contributed by atoms with Gasteiger partial charge >= 0.3 is 6.18 Å². The van der Waals surface area contributed by atoms with Gasteiger partial charge in [-0.25, -0.2) is 4.98 Å². The van der Waals surface area contributed by atoms with Gasteiger partial charge in [0.2, 0.25) is 0 Å². The Labute approximate surface area is 137 Å². The first kappa shape index (κ1) is 16.3. The molecular formula is C16H18F3N3S. The Balaban J connectivity index is 1.50. The molecule has 0 spiro atoms. The van der Waals surface area contributed by atoms with E-state index < -0.39 is 11.7 Å². The van der Waals surface area contributed by atoms with Crippen LogP contribution in [0.25, 0.3) is 0 Å². The number of hydrogen-bond donors (Lipinski definition) is 1. The number of rotatable bonds is 4. The van der Waals surface area contributed by atoms with Crippen LogP contribution in [-0.2, 0) is 12.7 Å². The molecule has 3 nitrogen and oxygen atoms in total. The summed E-state index contributed by atoms with van der Waals surface area (Å²) in [6, 6.07) is 5.12. The molecule has 1 fully saturated rings. The molecule has 0 aliphatic carbocycles. The third kappa shape index (κ3) is 4.23. The highest BCUT2D eigenvalue weighted by Crippen LogP contribution is 2.29. The molecule has 23 heavy (non-hydrogen) atoms. The molecule has 124 valence electrons. The highest BCUT2D eigenvalue weighted by molar-refractivity contribution is 7.07. The van der Waals surface area contributed by atoms with Crippen LogP contribution in [0.1, 0.15) is 24.0 Å². The van der Waals surface area contributed by atoms with Crippen molar-refractivity contribution in [1.29, 1.82) is 0 Å². The first-order valence-electron chi connectivity index (χ1n) is 7.55. The monoisotopic (exact) mass is 341 g/mol. The lowest BCUT2D eigenvalue weighted by molar-refractivity contribution is -0.137. The second-order valence-electron chi connectivity index (χ2n) is 5.68. The van der Waals surface area contributed by atoms with Crippen LogP contribution in [0.3, 0.4) is 0 Å². The highest BCUT2D eigenvalue weighted by Gasteiger charge is 2.31. The first-order valence-corrected chi connectivity index (χ1v) is 8.49. The summed E-state index contributed by atoms with van der Waals surface area (Å²) < 4.78 is 37.7. The molecule has 0 unspecified atom stereocenters. The normalized spacial score (nSPS) is 16.7. The zero-order valence-electron chi connectivity index (χ0n) is 12.5. The number of hydrogen-bond acceptors (Lipinski definition) is 4. The number of aromatic nitrogens is 1. The lowest BCUT2D eigenvalue weighted by Crippen LogP contribution is -2.42. The summed E-state index contributed by atoms with van der Waals surface area (Å²) in [6.45, 7) is 2.48. The molecule has 2 aromatic heterocycles. The summed E-state index contributed by atoms with van der Waals surface area (Å²) in [6.07, 6.45) is -1.49. The van der Waals surface area contributed by atoms with E-state index in [-0.39, 0.29) is 0 Å². The number of alkyl halides is 3. The van der Waals surface area contributed by atoms with Gasteiger partial charge in [-0.15, -0.1) is 0 Å². The fourth-order valence-corrected chi connectivity index (χ4v) is 3.38. The molecule has 0 atom stereocenters. The van der Waals surface area contributed by atoms with Gasteiger partial charge in [0, 0.05) is 31.9 Å². The molecule has 1 aliphatic rings. The number of halogens is 3. The van der Waals surface area contributed by atoms with Gasteiger partial charge in [-0.2, -0.15) is 24.5 Å². The fourth-order valence-electron chi connectivity index (χ4n) is 2.71. The number of thiophene rings is 1. The number of anilines is 1. The van der Waals surface area contributed by atoms with Crippen molar-refractivity contribution in [2.75, 3.05) is 18.0 Å². The maximum absolute atomic E-state index is 12.6. The van der Waals surface area contributed by atoms with E-state index in [4.69, 9.17) is 0 Å². The zero-order valence-corrected chi connectivity index (χ0v) is 13.3. The summed E-state index contributed by atoms with van der Waals surface area (Å²) >= 11 is 1.69. The molecule has 3 rings (SSSR count). The molecule has 0 aromatic carbocycles. The molecule has 0 radical (unpaired) electrons. The van der Waals surface area contributed by atoms with Crippen molar-refractivity contribution in [3.63, 3.8) is 0 Å². The summed E-state index contributed by atoms with van der Waals surface area (Å²) in [5, 5.41) is 7.73. The number of nitrogens with zero attached hydrogens (tertiary/aromatic N) is 2. The SMILES string of the molecule is FC(F)(F)c1ccc(N2CCC(NCc3ccsc3)CC2)nc1. The molecule has 1 saturated heterocycles. The molecule has 2 aromatic rings. The van der Waals surface area contributed by atoms with E-state index in [1.807, 2.05) is 4.90 Å². The summed E-state index contributed by atoms with van der Waals surface area (Å²) in [7, 11) is 0. The summed E-state index contributed by atoms with van der Waals surface area (Å²) in [4.78, 5) is 6.01. The Morgan fingerprint density at radius 1 is 1.22 bits per heavy atom. The van der Waals surface area contributed by atoms with Gasteiger partial charge in [-0.1, -0.05) is 0 Å². The van der Waals surface area contributed by atoms with Crippen molar-refractivity contribution in [2.24, 2.45) is 0 Å². The van der Waals surface area contributed by atoms with Crippen LogP contribution in [0.15, 0.2) is 35.2 Å². The van der Waals surface area contributed by atoms with E-state index in [9.17, 15) is 13.2 Å². The number of pyridine rings is 1. The van der Waals surface area contributed by atoms with Gasteiger partial charge in [0.25, 0.3) is 0 Å². The topological polar surface area (TPSA) is 28.2 Å². The molecule has 1 aliphatic heterocycles. The molecule has 0 amide bonds. The van der Waals surface area contributed by atoms with Crippen molar-refractivity contribution >= 4 is 17.2 Å². The van der Waals surface area contributed by atoms with Gasteiger partial charge < -0.3 is 10.2 Å². The molecule has 0 saturated carbocycles. The molecule has 0 bridgehead atoms. The molecule has 3 heterocycles. The van der Waals surface area contributed by atoms with Gasteiger partial charge in [-0.3, -0.25) is 0 Å².